The topological polar surface area (TPSA) is 38.1 Å². The SMILES string of the molecule is Cc1nc(-c2cccc(NC3CCC(F)(F)CC3)c2)oc1C. The second-order valence-electron chi connectivity index (χ2n) is 6.02. The van der Waals surface area contributed by atoms with E-state index >= 15 is 0 Å². The third-order valence-corrected chi connectivity index (χ3v) is 4.23. The molecule has 1 aliphatic rings. The fourth-order valence-corrected chi connectivity index (χ4v) is 2.76. The molecule has 3 rings (SSSR count). The maximum Gasteiger partial charge on any atom is 0.248 e. The first-order valence-electron chi connectivity index (χ1n) is 7.62. The molecule has 1 N–H and O–H groups in total. The number of aromatic nitrogens is 1. The maximum atomic E-state index is 13.2. The molecule has 0 saturated heterocycles. The van der Waals surface area contributed by atoms with Crippen LogP contribution < -0.4 is 5.32 Å². The average molecular weight is 306 g/mol. The van der Waals surface area contributed by atoms with Crippen molar-refractivity contribution in [3.63, 3.8) is 0 Å². The van der Waals surface area contributed by atoms with Crippen LogP contribution >= 0.6 is 0 Å². The van der Waals surface area contributed by atoms with Gasteiger partial charge in [-0.15, -0.1) is 0 Å². The molecule has 1 fully saturated rings. The van der Waals surface area contributed by atoms with E-state index in [1.165, 1.54) is 0 Å². The minimum atomic E-state index is -2.49. The second-order valence-corrected chi connectivity index (χ2v) is 6.02. The summed E-state index contributed by atoms with van der Waals surface area (Å²) in [6.45, 7) is 3.79. The fourth-order valence-electron chi connectivity index (χ4n) is 2.76. The van der Waals surface area contributed by atoms with Gasteiger partial charge in [-0.2, -0.15) is 0 Å². The number of oxazole rings is 1. The molecule has 1 aliphatic carbocycles. The summed E-state index contributed by atoms with van der Waals surface area (Å²) in [6.07, 6.45) is 0.911. The van der Waals surface area contributed by atoms with Gasteiger partial charge >= 0.3 is 0 Å². The third kappa shape index (κ3) is 3.29. The van der Waals surface area contributed by atoms with Gasteiger partial charge in [0.15, 0.2) is 0 Å². The number of benzene rings is 1. The van der Waals surface area contributed by atoms with Gasteiger partial charge in [-0.1, -0.05) is 6.07 Å². The van der Waals surface area contributed by atoms with E-state index in [1.54, 1.807) is 0 Å². The van der Waals surface area contributed by atoms with Gasteiger partial charge in [-0.3, -0.25) is 0 Å². The highest BCUT2D eigenvalue weighted by atomic mass is 19.3. The van der Waals surface area contributed by atoms with Crippen LogP contribution in [-0.2, 0) is 0 Å². The van der Waals surface area contributed by atoms with Crippen molar-refractivity contribution in [2.24, 2.45) is 0 Å². The van der Waals surface area contributed by atoms with Gasteiger partial charge in [-0.25, -0.2) is 13.8 Å². The number of nitrogens with one attached hydrogen (secondary N) is 1. The number of anilines is 1. The quantitative estimate of drug-likeness (QED) is 0.872. The van der Waals surface area contributed by atoms with Crippen molar-refractivity contribution in [1.82, 2.24) is 4.98 Å². The number of halogens is 2. The molecule has 3 nitrogen and oxygen atoms in total. The Morgan fingerprint density at radius 1 is 1.23 bits per heavy atom. The zero-order valence-electron chi connectivity index (χ0n) is 12.8. The molecule has 1 aromatic heterocycles. The normalized spacial score (nSPS) is 18.4. The van der Waals surface area contributed by atoms with Crippen molar-refractivity contribution in [1.29, 1.82) is 0 Å². The number of hydrogen-bond acceptors (Lipinski definition) is 3. The summed E-state index contributed by atoms with van der Waals surface area (Å²) in [6, 6.07) is 7.86. The Morgan fingerprint density at radius 3 is 2.59 bits per heavy atom. The lowest BCUT2D eigenvalue weighted by Crippen LogP contribution is -2.31. The lowest BCUT2D eigenvalue weighted by atomic mass is 9.92. The second kappa shape index (κ2) is 5.71. The number of alkyl halides is 2. The fraction of sp³-hybridized carbons (Fsp3) is 0.471. The monoisotopic (exact) mass is 306 g/mol. The molecule has 2 aromatic rings. The van der Waals surface area contributed by atoms with E-state index in [-0.39, 0.29) is 18.9 Å². The Labute approximate surface area is 128 Å². The van der Waals surface area contributed by atoms with Crippen molar-refractivity contribution < 1.29 is 13.2 Å². The first-order chi connectivity index (χ1) is 10.4. The van der Waals surface area contributed by atoms with Crippen LogP contribution in [0.2, 0.25) is 0 Å². The predicted molar refractivity (Wildman–Crippen MR) is 82.2 cm³/mol. The number of nitrogens with zero attached hydrogens (tertiary/aromatic N) is 1. The third-order valence-electron chi connectivity index (χ3n) is 4.23. The lowest BCUT2D eigenvalue weighted by Gasteiger charge is -2.29. The molecular formula is C17H20F2N2O. The van der Waals surface area contributed by atoms with Crippen LogP contribution in [0.3, 0.4) is 0 Å². The summed E-state index contributed by atoms with van der Waals surface area (Å²) >= 11 is 0. The largest absolute Gasteiger partial charge is 0.441 e. The molecule has 0 radical (unpaired) electrons. The Hall–Kier alpha value is -1.91. The minimum absolute atomic E-state index is 0.0392. The highest BCUT2D eigenvalue weighted by Crippen LogP contribution is 2.34. The summed E-state index contributed by atoms with van der Waals surface area (Å²) in [4.78, 5) is 4.39. The van der Waals surface area contributed by atoms with Crippen molar-refractivity contribution >= 4 is 5.69 Å². The van der Waals surface area contributed by atoms with Crippen molar-refractivity contribution in [3.8, 4) is 11.5 Å². The highest BCUT2D eigenvalue weighted by molar-refractivity contribution is 5.61. The van der Waals surface area contributed by atoms with E-state index in [0.717, 1.165) is 22.7 Å². The molecule has 0 aliphatic heterocycles. The molecule has 118 valence electrons. The molecule has 1 aromatic carbocycles. The molecule has 1 heterocycles. The van der Waals surface area contributed by atoms with Crippen LogP contribution in [0.1, 0.15) is 37.1 Å². The van der Waals surface area contributed by atoms with Gasteiger partial charge in [0.1, 0.15) is 5.76 Å². The smallest absolute Gasteiger partial charge is 0.248 e. The summed E-state index contributed by atoms with van der Waals surface area (Å²) < 4.78 is 32.0. The van der Waals surface area contributed by atoms with Crippen molar-refractivity contribution in [2.75, 3.05) is 5.32 Å². The summed E-state index contributed by atoms with van der Waals surface area (Å²) in [7, 11) is 0. The Kier molecular flexibility index (Phi) is 3.89. The van der Waals surface area contributed by atoms with Crippen LogP contribution in [0, 0.1) is 13.8 Å². The van der Waals surface area contributed by atoms with Crippen molar-refractivity contribution in [3.05, 3.63) is 35.7 Å². The Bertz CT molecular complexity index is 637. The molecule has 5 heteroatoms. The van der Waals surface area contributed by atoms with Crippen LogP contribution in [0.5, 0.6) is 0 Å². The molecule has 0 amide bonds. The Morgan fingerprint density at radius 2 is 1.95 bits per heavy atom. The van der Waals surface area contributed by atoms with Gasteiger partial charge in [0.2, 0.25) is 11.8 Å². The number of hydrogen-bond donors (Lipinski definition) is 1. The molecule has 22 heavy (non-hydrogen) atoms. The van der Waals surface area contributed by atoms with E-state index in [2.05, 4.69) is 10.3 Å². The highest BCUT2D eigenvalue weighted by Gasteiger charge is 2.34. The van der Waals surface area contributed by atoms with E-state index < -0.39 is 5.92 Å². The molecule has 0 unspecified atom stereocenters. The van der Waals surface area contributed by atoms with Crippen LogP contribution in [0.25, 0.3) is 11.5 Å². The van der Waals surface area contributed by atoms with Crippen LogP contribution in [-0.4, -0.2) is 16.9 Å². The van der Waals surface area contributed by atoms with E-state index in [4.69, 9.17) is 4.42 Å². The lowest BCUT2D eigenvalue weighted by molar-refractivity contribution is -0.0360. The van der Waals surface area contributed by atoms with E-state index in [1.807, 2.05) is 38.1 Å². The summed E-state index contributed by atoms with van der Waals surface area (Å²) in [5.74, 6) is -1.09. The first-order valence-corrected chi connectivity index (χ1v) is 7.62. The predicted octanol–water partition coefficient (Wildman–Crippen LogP) is 4.95. The average Bonchev–Trinajstić information content (AvgIpc) is 2.82. The van der Waals surface area contributed by atoms with Gasteiger partial charge in [0.25, 0.3) is 0 Å². The van der Waals surface area contributed by atoms with E-state index in [9.17, 15) is 8.78 Å². The van der Waals surface area contributed by atoms with Crippen LogP contribution in [0.15, 0.2) is 28.7 Å². The van der Waals surface area contributed by atoms with Gasteiger partial charge in [-0.05, 0) is 44.9 Å². The standard InChI is InChI=1S/C17H20F2N2O/c1-11-12(2)22-16(20-11)13-4-3-5-15(10-13)21-14-6-8-17(18,19)9-7-14/h3-5,10,14,21H,6-9H2,1-2H3. The number of rotatable bonds is 3. The van der Waals surface area contributed by atoms with Crippen molar-refractivity contribution in [2.45, 2.75) is 51.5 Å². The number of aryl methyl sites for hydroxylation is 2. The summed E-state index contributed by atoms with van der Waals surface area (Å²) in [5.41, 5.74) is 2.69. The molecule has 0 spiro atoms. The Balaban J connectivity index is 1.72. The molecular weight excluding hydrogens is 286 g/mol. The maximum absolute atomic E-state index is 13.2. The zero-order chi connectivity index (χ0) is 15.7. The molecule has 0 bridgehead atoms. The van der Waals surface area contributed by atoms with Gasteiger partial charge in [0, 0.05) is 30.1 Å². The zero-order valence-corrected chi connectivity index (χ0v) is 12.8. The minimum Gasteiger partial charge on any atom is -0.441 e. The summed E-state index contributed by atoms with van der Waals surface area (Å²) in [5, 5.41) is 3.35. The van der Waals surface area contributed by atoms with Gasteiger partial charge in [0.05, 0.1) is 5.69 Å². The van der Waals surface area contributed by atoms with Crippen LogP contribution in [0.4, 0.5) is 14.5 Å². The molecule has 0 atom stereocenters. The molecule has 1 saturated carbocycles. The first kappa shape index (κ1) is 15.0. The van der Waals surface area contributed by atoms with E-state index in [0.29, 0.717) is 18.7 Å². The van der Waals surface area contributed by atoms with Gasteiger partial charge < -0.3 is 9.73 Å².